The molecule has 98 heavy (non-hydrogen) atoms. The highest BCUT2D eigenvalue weighted by Crippen LogP contribution is 2.68. The molecule has 0 bridgehead atoms. The number of fused-ring (bicyclic) bond motifs is 4. The second-order valence-electron chi connectivity index (χ2n) is 21.6. The van der Waals surface area contributed by atoms with Crippen molar-refractivity contribution in [2.45, 2.75) is 98.2 Å². The highest BCUT2D eigenvalue weighted by Gasteiger charge is 2.55. The van der Waals surface area contributed by atoms with Crippen molar-refractivity contribution in [1.29, 1.82) is 0 Å². The number of rotatable bonds is 25. The molecule has 0 aromatic carbocycles. The van der Waals surface area contributed by atoms with Crippen LogP contribution in [0.5, 0.6) is 0 Å². The maximum Gasteiger partial charge on any atom is 0.490 e. The summed E-state index contributed by atoms with van der Waals surface area (Å²) in [5, 5.41) is 55.5. The lowest BCUT2D eigenvalue weighted by atomic mass is 10.1. The third-order valence-corrected chi connectivity index (χ3v) is 22.0. The van der Waals surface area contributed by atoms with Gasteiger partial charge in [0.1, 0.15) is 91.8 Å². The summed E-state index contributed by atoms with van der Waals surface area (Å²) >= 11 is 5.30. The molecule has 0 saturated carbocycles. The Labute approximate surface area is 546 Å². The SMILES string of the molecule is COC1C(OP([O-])(=S)OCC2OC(n3cnc4c(=O)[nH]c(N)nc43)C(O)C2OP(=O)(O)OCC2OC(n3cnc4c(=O)[nH]c(N)nc43)C(O)C2O)C(COP(=O)(O)OP(=O)(O)OP(=O)(O)OCC2OC(n3c[n+](C)c4c(=O)[nH]c(N)nc43)C(O)C2O)OC1n1cnc2c(N)ncnc21. The van der Waals surface area contributed by atoms with Gasteiger partial charge in [-0.3, -0.25) is 61.1 Å². The van der Waals surface area contributed by atoms with Crippen molar-refractivity contribution in [1.82, 2.24) is 73.1 Å². The van der Waals surface area contributed by atoms with Crippen molar-refractivity contribution in [3.05, 3.63) is 62.7 Å². The monoisotopic (exact) mass is 1510 g/mol. The molecule has 21 atom stereocenters. The number of aliphatic hydroxyl groups is 5. The van der Waals surface area contributed by atoms with Crippen LogP contribution in [0, 0.1) is 0 Å². The van der Waals surface area contributed by atoms with Crippen LogP contribution < -0.4 is 49.1 Å². The number of nitrogen functional groups attached to an aromatic ring is 4. The van der Waals surface area contributed by atoms with E-state index in [0.717, 1.165) is 46.1 Å². The molecule has 0 amide bonds. The van der Waals surface area contributed by atoms with Crippen LogP contribution >= 0.6 is 38.0 Å². The summed E-state index contributed by atoms with van der Waals surface area (Å²) in [6.45, 7) is -9.94. The van der Waals surface area contributed by atoms with Crippen LogP contribution in [0.15, 0.2) is 46.0 Å². The zero-order chi connectivity index (χ0) is 70.6. The summed E-state index contributed by atoms with van der Waals surface area (Å²) in [4.78, 5) is 134. The fourth-order valence-electron chi connectivity index (χ4n) is 11.0. The van der Waals surface area contributed by atoms with Crippen molar-refractivity contribution in [2.24, 2.45) is 7.05 Å². The predicted octanol–water partition coefficient (Wildman–Crippen LogP) is -6.75. The first-order valence-corrected chi connectivity index (χ1v) is 36.2. The molecule has 8 aromatic heterocycles. The molecule has 56 heteroatoms. The van der Waals surface area contributed by atoms with Crippen molar-refractivity contribution < 1.29 is 132 Å². The van der Waals surface area contributed by atoms with E-state index in [4.69, 9.17) is 85.6 Å². The third kappa shape index (κ3) is 14.1. The Morgan fingerprint density at radius 3 is 1.52 bits per heavy atom. The maximum atomic E-state index is 14.6. The van der Waals surface area contributed by atoms with Gasteiger partial charge in [0.25, 0.3) is 22.3 Å². The topological polar surface area (TPSA) is 723 Å². The molecule has 0 radical (unpaired) electrons. The van der Waals surface area contributed by atoms with Crippen molar-refractivity contribution in [3.8, 4) is 0 Å². The normalized spacial score (nSPS) is 30.7. The maximum absolute atomic E-state index is 14.6. The quantitative estimate of drug-likeness (QED) is 0.0187. The Morgan fingerprint density at radius 2 is 0.969 bits per heavy atom. The van der Waals surface area contributed by atoms with E-state index in [2.05, 4.69) is 63.4 Å². The molecule has 20 N–H and O–H groups in total. The number of hydrogen-bond acceptors (Lipinski definition) is 39. The van der Waals surface area contributed by atoms with Crippen LogP contribution in [-0.2, 0) is 96.6 Å². The number of ether oxygens (including phenoxy) is 5. The molecular weight excluding hydrogens is 1450 g/mol. The van der Waals surface area contributed by atoms with E-state index in [0.29, 0.717) is 0 Å². The average molecular weight is 1510 g/mol. The number of H-pyrrole nitrogens is 3. The number of aromatic nitrogens is 16. The Hall–Kier alpha value is -6.55. The minimum atomic E-state index is -6.30. The molecule has 4 aliphatic rings. The van der Waals surface area contributed by atoms with Crippen LogP contribution in [-0.4, -0.2) is 225 Å². The number of phosphoric ester groups is 3. The molecule has 21 unspecified atom stereocenters. The summed E-state index contributed by atoms with van der Waals surface area (Å²) in [7, 11) is -21.4. The predicted molar refractivity (Wildman–Crippen MR) is 317 cm³/mol. The Bertz CT molecular complexity index is 4830. The third-order valence-electron chi connectivity index (χ3n) is 15.2. The second-order valence-corrected chi connectivity index (χ2v) is 30.4. The fraction of sp³-hybridized carbons (Fsp3) is 0.524. The van der Waals surface area contributed by atoms with Gasteiger partial charge in [0.15, 0.2) is 52.5 Å². The van der Waals surface area contributed by atoms with Gasteiger partial charge in [-0.15, -0.1) is 0 Å². The molecule has 50 nitrogen and oxygen atoms in total. The first-order chi connectivity index (χ1) is 46.0. The number of aryl methyl sites for hydroxylation is 1. The summed E-state index contributed by atoms with van der Waals surface area (Å²) in [6, 6.07) is 0. The largest absolute Gasteiger partial charge is 0.780 e. The molecule has 4 fully saturated rings. The number of imidazole rings is 4. The van der Waals surface area contributed by atoms with Crippen molar-refractivity contribution in [2.75, 3.05) is 56.5 Å². The second kappa shape index (κ2) is 26.8. The molecular formula is C42H55N20O30P5S. The van der Waals surface area contributed by atoms with Gasteiger partial charge in [-0.25, -0.2) is 47.7 Å². The number of aromatic amines is 3. The number of nitrogens with one attached hydrogen (secondary N) is 3. The number of phosphoric acid groups is 4. The lowest BCUT2D eigenvalue weighted by molar-refractivity contribution is -0.646. The van der Waals surface area contributed by atoms with Gasteiger partial charge in [-0.2, -0.15) is 28.1 Å². The number of hydrogen-bond donors (Lipinski definition) is 16. The van der Waals surface area contributed by atoms with E-state index in [1.165, 1.54) is 22.5 Å². The lowest BCUT2D eigenvalue weighted by Crippen LogP contribution is -2.39. The molecule has 4 aliphatic heterocycles. The average Bonchev–Trinajstić information content (AvgIpc) is 1.62. The zero-order valence-electron chi connectivity index (χ0n) is 49.3. The van der Waals surface area contributed by atoms with Crippen LogP contribution in [0.4, 0.5) is 23.7 Å². The summed E-state index contributed by atoms with van der Waals surface area (Å²) in [6.07, 6.45) is -23.6. The molecule has 12 heterocycles. The fourth-order valence-corrected chi connectivity index (χ4v) is 16.9. The highest BCUT2D eigenvalue weighted by atomic mass is 32.5. The number of aliphatic hydroxyl groups excluding tert-OH is 5. The molecule has 0 aliphatic carbocycles. The summed E-state index contributed by atoms with van der Waals surface area (Å²) in [5.41, 5.74) is 19.6. The van der Waals surface area contributed by atoms with E-state index in [-0.39, 0.29) is 62.4 Å². The first kappa shape index (κ1) is 71.3. The van der Waals surface area contributed by atoms with Gasteiger partial charge in [0, 0.05) is 7.11 Å². The molecule has 12 rings (SSSR count). The highest BCUT2D eigenvalue weighted by molar-refractivity contribution is 8.06. The standard InChI is InChI=1S/C42H55N20O30P5S/c1-58-11-62(32-19(58)35(70)57-42(46)54-32)37-23(66)21(64)13(86-37)4-82-94(73,74)91-96(77,78)92-95(75,76)83-5-15-26(27(80-2)39(88-15)59-8-49-16-28(43)47-7-48-29(16)59)90-97(79,98)84-6-14-25(24(67)38(87-14)61-10-51-18-31(61)53-41(45)56-34(18)69)89-93(71,72)81-3-12-20(63)22(65)36(85-12)60-9-50-17-30(60)52-40(44)55-33(17)68/h7-15,20-27,36-39,63-67H,3-6H2,1-2H3,(H15-,43,44,45,46,47,48,52,53,54,55,56,57,68,69,70,71,72,73,74,75,76,77,78,79,98). The van der Waals surface area contributed by atoms with Crippen molar-refractivity contribution in [3.63, 3.8) is 0 Å². The van der Waals surface area contributed by atoms with E-state index in [1.807, 2.05) is 0 Å². The first-order valence-electron chi connectivity index (χ1n) is 27.7. The Kier molecular flexibility index (Phi) is 19.5. The van der Waals surface area contributed by atoms with Gasteiger partial charge in [-0.1, -0.05) is 11.8 Å². The van der Waals surface area contributed by atoms with Crippen LogP contribution in [0.2, 0.25) is 0 Å². The Morgan fingerprint density at radius 1 is 0.531 bits per heavy atom. The van der Waals surface area contributed by atoms with Crippen LogP contribution in [0.1, 0.15) is 24.9 Å². The minimum Gasteiger partial charge on any atom is -0.780 e. The Balaban J connectivity index is 0.740. The van der Waals surface area contributed by atoms with Crippen LogP contribution in [0.25, 0.3) is 44.7 Å². The van der Waals surface area contributed by atoms with E-state index in [1.54, 1.807) is 0 Å². The smallest absolute Gasteiger partial charge is 0.490 e. The number of nitrogens with two attached hydrogens (primary N) is 4. The molecule has 8 aromatic rings. The van der Waals surface area contributed by atoms with E-state index in [9.17, 15) is 82.6 Å². The van der Waals surface area contributed by atoms with Gasteiger partial charge in [0.05, 0.1) is 52.5 Å². The lowest BCUT2D eigenvalue weighted by Gasteiger charge is -2.35. The molecule has 0 spiro atoms. The van der Waals surface area contributed by atoms with Gasteiger partial charge in [-0.05, 0) is 0 Å². The van der Waals surface area contributed by atoms with Gasteiger partial charge in [0.2, 0.25) is 30.4 Å². The van der Waals surface area contributed by atoms with E-state index >= 15 is 0 Å². The van der Waals surface area contributed by atoms with Crippen molar-refractivity contribution >= 4 is 118 Å². The van der Waals surface area contributed by atoms with Crippen LogP contribution in [0.3, 0.4) is 0 Å². The van der Waals surface area contributed by atoms with E-state index < -0.39 is 185 Å². The number of methoxy groups -OCH3 is 1. The zero-order valence-corrected chi connectivity index (χ0v) is 54.6. The summed E-state index contributed by atoms with van der Waals surface area (Å²) in [5.74, 6) is -1.25. The molecule has 4 saturated heterocycles. The number of nitrogens with zero attached hydrogens (tertiary/aromatic N) is 13. The number of anilines is 4. The summed E-state index contributed by atoms with van der Waals surface area (Å²) < 4.78 is 129. The van der Waals surface area contributed by atoms with Gasteiger partial charge >= 0.3 is 36.9 Å². The van der Waals surface area contributed by atoms with Gasteiger partial charge < -0.3 is 106 Å². The minimum absolute atomic E-state index is 0.00456. The molecule has 534 valence electrons.